The van der Waals surface area contributed by atoms with Crippen molar-refractivity contribution in [2.75, 3.05) is 0 Å². The zero-order valence-electron chi connectivity index (χ0n) is 11.7. The van der Waals surface area contributed by atoms with E-state index in [-0.39, 0.29) is 22.4 Å². The van der Waals surface area contributed by atoms with Crippen molar-refractivity contribution < 1.29 is 24.2 Å². The summed E-state index contributed by atoms with van der Waals surface area (Å²) in [5.41, 5.74) is -0.530. The summed E-state index contributed by atoms with van der Waals surface area (Å²) in [6.45, 7) is 6.47. The highest BCUT2D eigenvalue weighted by atomic mass is 16.7. The van der Waals surface area contributed by atoms with Crippen LogP contribution in [0.15, 0.2) is 12.1 Å². The number of nitriles is 1. The first kappa shape index (κ1) is 15.5. The molecule has 0 unspecified atom stereocenters. The number of aromatic carboxylic acids is 1. The van der Waals surface area contributed by atoms with Gasteiger partial charge in [-0.1, -0.05) is 0 Å². The molecule has 0 spiro atoms. The summed E-state index contributed by atoms with van der Waals surface area (Å²) in [5, 5.41) is 18.0. The van der Waals surface area contributed by atoms with E-state index in [0.29, 0.717) is 0 Å². The van der Waals surface area contributed by atoms with Gasteiger partial charge in [-0.3, -0.25) is 0 Å². The molecule has 0 aliphatic rings. The SMILES string of the molecule is Cc1c(C#N)ccc(OC(=O)OC(C)(C)C)c1C(=O)O. The molecule has 0 aliphatic carbocycles. The molecule has 0 heterocycles. The number of hydrogen-bond acceptors (Lipinski definition) is 5. The highest BCUT2D eigenvalue weighted by molar-refractivity contribution is 5.94. The molecule has 6 heteroatoms. The zero-order chi connectivity index (χ0) is 15.5. The molecule has 0 bridgehead atoms. The van der Waals surface area contributed by atoms with Crippen molar-refractivity contribution >= 4 is 12.1 Å². The molecule has 106 valence electrons. The van der Waals surface area contributed by atoms with Crippen LogP contribution in [0.3, 0.4) is 0 Å². The molecule has 1 rings (SSSR count). The van der Waals surface area contributed by atoms with Crippen LogP contribution in [-0.2, 0) is 4.74 Å². The van der Waals surface area contributed by atoms with E-state index >= 15 is 0 Å². The van der Waals surface area contributed by atoms with Crippen molar-refractivity contribution in [3.63, 3.8) is 0 Å². The molecule has 6 nitrogen and oxygen atoms in total. The molecule has 20 heavy (non-hydrogen) atoms. The van der Waals surface area contributed by atoms with E-state index in [4.69, 9.17) is 14.7 Å². The van der Waals surface area contributed by atoms with Gasteiger partial charge >= 0.3 is 12.1 Å². The van der Waals surface area contributed by atoms with Crippen molar-refractivity contribution in [2.24, 2.45) is 0 Å². The lowest BCUT2D eigenvalue weighted by molar-refractivity contribution is 0.0204. The first-order valence-corrected chi connectivity index (χ1v) is 5.83. The standard InChI is InChI=1S/C14H15NO5/c1-8-9(7-15)5-6-10(11(8)12(16)17)19-13(18)20-14(2,3)4/h5-6H,1-4H3,(H,16,17). The molecule has 0 aromatic heterocycles. The summed E-state index contributed by atoms with van der Waals surface area (Å²) >= 11 is 0. The number of hydrogen-bond donors (Lipinski definition) is 1. The molecular weight excluding hydrogens is 262 g/mol. The Labute approximate surface area is 116 Å². The lowest BCUT2D eigenvalue weighted by Crippen LogP contribution is -2.26. The molecule has 1 N–H and O–H groups in total. The maximum atomic E-state index is 11.6. The molecule has 1 aromatic rings. The van der Waals surface area contributed by atoms with Crippen LogP contribution in [0.5, 0.6) is 5.75 Å². The van der Waals surface area contributed by atoms with Gasteiger partial charge in [-0.05, 0) is 45.4 Å². The maximum absolute atomic E-state index is 11.6. The van der Waals surface area contributed by atoms with E-state index in [0.717, 1.165) is 0 Å². The van der Waals surface area contributed by atoms with E-state index in [1.807, 2.05) is 6.07 Å². The van der Waals surface area contributed by atoms with Gasteiger partial charge in [0.25, 0.3) is 0 Å². The van der Waals surface area contributed by atoms with Gasteiger partial charge in [-0.2, -0.15) is 5.26 Å². The number of ether oxygens (including phenoxy) is 2. The molecule has 0 saturated carbocycles. The Bertz CT molecular complexity index is 593. The van der Waals surface area contributed by atoms with Crippen molar-refractivity contribution in [2.45, 2.75) is 33.3 Å². The van der Waals surface area contributed by atoms with Crippen LogP contribution in [0.4, 0.5) is 4.79 Å². The number of nitrogens with zero attached hydrogens (tertiary/aromatic N) is 1. The smallest absolute Gasteiger partial charge is 0.478 e. The molecule has 0 atom stereocenters. The Kier molecular flexibility index (Phi) is 4.35. The Morgan fingerprint density at radius 3 is 2.35 bits per heavy atom. The fourth-order valence-electron chi connectivity index (χ4n) is 1.52. The van der Waals surface area contributed by atoms with Gasteiger partial charge in [0.05, 0.1) is 11.6 Å². The van der Waals surface area contributed by atoms with Crippen LogP contribution in [0.1, 0.15) is 42.3 Å². The number of carbonyl (C=O) groups is 2. The van der Waals surface area contributed by atoms with Gasteiger partial charge in [0.15, 0.2) is 0 Å². The molecule has 0 aliphatic heterocycles. The summed E-state index contributed by atoms with van der Waals surface area (Å²) < 4.78 is 9.87. The minimum absolute atomic E-state index is 0.150. The van der Waals surface area contributed by atoms with Crippen molar-refractivity contribution in [1.82, 2.24) is 0 Å². The maximum Gasteiger partial charge on any atom is 0.514 e. The van der Waals surface area contributed by atoms with Gasteiger partial charge in [0, 0.05) is 0 Å². The predicted molar refractivity (Wildman–Crippen MR) is 69.7 cm³/mol. The van der Waals surface area contributed by atoms with E-state index < -0.39 is 17.7 Å². The van der Waals surface area contributed by atoms with Crippen molar-refractivity contribution in [1.29, 1.82) is 5.26 Å². The molecular formula is C14H15NO5. The summed E-state index contributed by atoms with van der Waals surface area (Å²) in [6, 6.07) is 4.53. The van der Waals surface area contributed by atoms with Crippen LogP contribution in [0.25, 0.3) is 0 Å². The van der Waals surface area contributed by atoms with Crippen LogP contribution in [-0.4, -0.2) is 22.8 Å². The summed E-state index contributed by atoms with van der Waals surface area (Å²) in [6.07, 6.45) is -0.996. The molecule has 0 amide bonds. The summed E-state index contributed by atoms with van der Waals surface area (Å²) in [7, 11) is 0. The molecule has 1 aromatic carbocycles. The molecule has 0 radical (unpaired) electrons. The van der Waals surface area contributed by atoms with Crippen LogP contribution in [0, 0.1) is 18.3 Å². The number of carbonyl (C=O) groups excluding carboxylic acids is 1. The fraction of sp³-hybridized carbons (Fsp3) is 0.357. The van der Waals surface area contributed by atoms with Gasteiger partial charge in [-0.25, -0.2) is 9.59 Å². The van der Waals surface area contributed by atoms with E-state index in [1.165, 1.54) is 19.1 Å². The second kappa shape index (κ2) is 5.61. The lowest BCUT2D eigenvalue weighted by atomic mass is 10.0. The first-order valence-electron chi connectivity index (χ1n) is 5.83. The van der Waals surface area contributed by atoms with E-state index in [2.05, 4.69) is 0 Å². The summed E-state index contributed by atoms with van der Waals surface area (Å²) in [5.74, 6) is -1.43. The highest BCUT2D eigenvalue weighted by Crippen LogP contribution is 2.26. The summed E-state index contributed by atoms with van der Waals surface area (Å²) in [4.78, 5) is 22.8. The minimum Gasteiger partial charge on any atom is -0.478 e. The second-order valence-electron chi connectivity index (χ2n) is 5.09. The number of benzene rings is 1. The Balaban J connectivity index is 3.14. The number of rotatable bonds is 2. The third-order valence-electron chi connectivity index (χ3n) is 2.34. The molecule has 0 fully saturated rings. The van der Waals surface area contributed by atoms with Crippen LogP contribution >= 0.6 is 0 Å². The third kappa shape index (κ3) is 3.72. The highest BCUT2D eigenvalue weighted by Gasteiger charge is 2.23. The lowest BCUT2D eigenvalue weighted by Gasteiger charge is -2.19. The fourth-order valence-corrected chi connectivity index (χ4v) is 1.52. The van der Waals surface area contributed by atoms with Crippen molar-refractivity contribution in [3.05, 3.63) is 28.8 Å². The van der Waals surface area contributed by atoms with Gasteiger partial charge in [-0.15, -0.1) is 0 Å². The van der Waals surface area contributed by atoms with Gasteiger partial charge in [0.1, 0.15) is 16.9 Å². The minimum atomic E-state index is -1.28. The number of carboxylic acid groups (broad SMARTS) is 1. The average molecular weight is 277 g/mol. The zero-order valence-corrected chi connectivity index (χ0v) is 11.7. The van der Waals surface area contributed by atoms with Crippen molar-refractivity contribution in [3.8, 4) is 11.8 Å². The van der Waals surface area contributed by atoms with Gasteiger partial charge in [0.2, 0.25) is 0 Å². The van der Waals surface area contributed by atoms with E-state index in [9.17, 15) is 14.7 Å². The van der Waals surface area contributed by atoms with E-state index in [1.54, 1.807) is 20.8 Å². The third-order valence-corrected chi connectivity index (χ3v) is 2.34. The average Bonchev–Trinajstić information content (AvgIpc) is 2.25. The monoisotopic (exact) mass is 277 g/mol. The Hall–Kier alpha value is -2.55. The van der Waals surface area contributed by atoms with Crippen LogP contribution in [0.2, 0.25) is 0 Å². The van der Waals surface area contributed by atoms with Crippen LogP contribution < -0.4 is 4.74 Å². The topological polar surface area (TPSA) is 96.6 Å². The molecule has 0 saturated heterocycles. The quantitative estimate of drug-likeness (QED) is 0.659. The largest absolute Gasteiger partial charge is 0.514 e. The normalized spacial score (nSPS) is 10.6. The second-order valence-corrected chi connectivity index (χ2v) is 5.09. The first-order chi connectivity index (χ1) is 9.15. The Morgan fingerprint density at radius 1 is 1.30 bits per heavy atom. The van der Waals surface area contributed by atoms with Gasteiger partial charge < -0.3 is 14.6 Å². The Morgan fingerprint density at radius 2 is 1.90 bits per heavy atom. The number of carboxylic acids is 1. The predicted octanol–water partition coefficient (Wildman–Crippen LogP) is 2.88.